The van der Waals surface area contributed by atoms with Gasteiger partial charge < -0.3 is 5.32 Å². The lowest BCUT2D eigenvalue weighted by molar-refractivity contribution is 0.0932. The molecule has 6 heteroatoms. The second-order valence-electron chi connectivity index (χ2n) is 4.25. The number of halogens is 2. The molecule has 1 heterocycles. The number of hydrogen-bond acceptors (Lipinski definition) is 3. The van der Waals surface area contributed by atoms with Crippen LogP contribution >= 0.6 is 23.2 Å². The minimum atomic E-state index is -0.270. The molecule has 0 radical (unpaired) electrons. The van der Waals surface area contributed by atoms with Gasteiger partial charge in [-0.15, -0.1) is 0 Å². The van der Waals surface area contributed by atoms with Crippen molar-refractivity contribution in [2.45, 2.75) is 25.3 Å². The van der Waals surface area contributed by atoms with Gasteiger partial charge in [-0.05, 0) is 31.4 Å². The molecule has 1 aromatic heterocycles. The molecule has 0 aliphatic heterocycles. The van der Waals surface area contributed by atoms with E-state index in [9.17, 15) is 4.79 Å². The van der Waals surface area contributed by atoms with Crippen LogP contribution in [0, 0.1) is 17.2 Å². The molecule has 1 aliphatic rings. The van der Waals surface area contributed by atoms with E-state index < -0.39 is 0 Å². The van der Waals surface area contributed by atoms with Crippen LogP contribution in [0.25, 0.3) is 0 Å². The van der Waals surface area contributed by atoms with E-state index in [1.807, 2.05) is 0 Å². The van der Waals surface area contributed by atoms with Crippen LogP contribution in [0.4, 0.5) is 0 Å². The number of carbonyl (C=O) groups is 1. The maximum atomic E-state index is 12.0. The minimum Gasteiger partial charge on any atom is -0.348 e. The third kappa shape index (κ3) is 2.92. The monoisotopic (exact) mass is 283 g/mol. The highest BCUT2D eigenvalue weighted by Crippen LogP contribution is 2.25. The van der Waals surface area contributed by atoms with Gasteiger partial charge in [0.15, 0.2) is 0 Å². The molecule has 1 saturated carbocycles. The van der Waals surface area contributed by atoms with Gasteiger partial charge in [0.05, 0.1) is 12.0 Å². The van der Waals surface area contributed by atoms with Crippen LogP contribution in [-0.4, -0.2) is 16.9 Å². The number of nitriles is 1. The molecule has 1 fully saturated rings. The summed E-state index contributed by atoms with van der Waals surface area (Å²) in [6.45, 7) is 0. The number of hydrogen-bond donors (Lipinski definition) is 1. The SMILES string of the molecule is N#CC1CCCC1NC(=O)c1cc(Cl)nc(Cl)c1. The lowest BCUT2D eigenvalue weighted by Crippen LogP contribution is -2.36. The average Bonchev–Trinajstić information content (AvgIpc) is 2.75. The van der Waals surface area contributed by atoms with Gasteiger partial charge in [-0.25, -0.2) is 4.98 Å². The fourth-order valence-corrected chi connectivity index (χ4v) is 2.60. The molecule has 1 aromatic rings. The van der Waals surface area contributed by atoms with Crippen molar-refractivity contribution in [1.82, 2.24) is 10.3 Å². The molecular weight excluding hydrogens is 273 g/mol. The number of nitrogens with one attached hydrogen (secondary N) is 1. The van der Waals surface area contributed by atoms with E-state index >= 15 is 0 Å². The van der Waals surface area contributed by atoms with Crippen molar-refractivity contribution < 1.29 is 4.79 Å². The van der Waals surface area contributed by atoms with Crippen LogP contribution in [-0.2, 0) is 0 Å². The highest BCUT2D eigenvalue weighted by Gasteiger charge is 2.28. The molecule has 94 valence electrons. The molecule has 2 atom stereocenters. The number of pyridine rings is 1. The van der Waals surface area contributed by atoms with Crippen LogP contribution in [0.1, 0.15) is 29.6 Å². The van der Waals surface area contributed by atoms with Crippen LogP contribution in [0.15, 0.2) is 12.1 Å². The second kappa shape index (κ2) is 5.55. The van der Waals surface area contributed by atoms with Gasteiger partial charge in [-0.1, -0.05) is 23.2 Å². The topological polar surface area (TPSA) is 65.8 Å². The Bertz CT molecular complexity index is 492. The Morgan fingerprint density at radius 2 is 2.06 bits per heavy atom. The summed E-state index contributed by atoms with van der Waals surface area (Å²) in [4.78, 5) is 15.8. The third-order valence-electron chi connectivity index (χ3n) is 3.02. The summed E-state index contributed by atoms with van der Waals surface area (Å²) in [6, 6.07) is 5.04. The summed E-state index contributed by atoms with van der Waals surface area (Å²) in [5, 5.41) is 12.2. The van der Waals surface area contributed by atoms with Gasteiger partial charge in [0.25, 0.3) is 5.91 Å². The van der Waals surface area contributed by atoms with Crippen LogP contribution in [0.5, 0.6) is 0 Å². The zero-order chi connectivity index (χ0) is 13.1. The number of rotatable bonds is 2. The predicted molar refractivity (Wildman–Crippen MR) is 68.5 cm³/mol. The summed E-state index contributed by atoms with van der Waals surface area (Å²) in [5.41, 5.74) is 0.364. The van der Waals surface area contributed by atoms with Crippen LogP contribution in [0.3, 0.4) is 0 Å². The number of carbonyl (C=O) groups excluding carboxylic acids is 1. The molecule has 2 unspecified atom stereocenters. The predicted octanol–water partition coefficient (Wildman–Crippen LogP) is 2.81. The van der Waals surface area contributed by atoms with Crippen molar-refractivity contribution in [3.63, 3.8) is 0 Å². The summed E-state index contributed by atoms with van der Waals surface area (Å²) in [7, 11) is 0. The van der Waals surface area contributed by atoms with E-state index in [1.54, 1.807) is 0 Å². The molecule has 0 spiro atoms. The Labute approximate surface area is 115 Å². The lowest BCUT2D eigenvalue weighted by Gasteiger charge is -2.15. The molecule has 0 bridgehead atoms. The first kappa shape index (κ1) is 13.1. The summed E-state index contributed by atoms with van der Waals surface area (Å²) in [5.74, 6) is -0.380. The second-order valence-corrected chi connectivity index (χ2v) is 5.02. The van der Waals surface area contributed by atoms with Crippen molar-refractivity contribution >= 4 is 29.1 Å². The largest absolute Gasteiger partial charge is 0.348 e. The zero-order valence-corrected chi connectivity index (χ0v) is 11.0. The van der Waals surface area contributed by atoms with E-state index in [4.69, 9.17) is 28.5 Å². The Morgan fingerprint density at radius 1 is 1.39 bits per heavy atom. The number of nitrogens with zero attached hydrogens (tertiary/aromatic N) is 2. The van der Waals surface area contributed by atoms with Crippen molar-refractivity contribution in [3.05, 3.63) is 28.0 Å². The van der Waals surface area contributed by atoms with Crippen LogP contribution < -0.4 is 5.32 Å². The molecule has 0 aromatic carbocycles. The Morgan fingerprint density at radius 3 is 2.67 bits per heavy atom. The standard InChI is InChI=1S/C12H11Cl2N3O/c13-10-4-8(5-11(14)17-10)12(18)16-9-3-1-2-7(9)6-15/h4-5,7,9H,1-3H2,(H,16,18). The lowest BCUT2D eigenvalue weighted by atomic mass is 10.1. The van der Waals surface area contributed by atoms with Gasteiger partial charge in [-0.2, -0.15) is 5.26 Å². The maximum absolute atomic E-state index is 12.0. The van der Waals surface area contributed by atoms with E-state index in [1.165, 1.54) is 12.1 Å². The van der Waals surface area contributed by atoms with E-state index in [0.29, 0.717) is 5.56 Å². The Hall–Kier alpha value is -1.31. The summed E-state index contributed by atoms with van der Waals surface area (Å²) in [6.07, 6.45) is 2.62. The molecule has 18 heavy (non-hydrogen) atoms. The van der Waals surface area contributed by atoms with Crippen molar-refractivity contribution in [2.24, 2.45) is 5.92 Å². The van der Waals surface area contributed by atoms with Gasteiger partial charge in [-0.3, -0.25) is 4.79 Å². The van der Waals surface area contributed by atoms with Crippen molar-refractivity contribution in [1.29, 1.82) is 5.26 Å². The highest BCUT2D eigenvalue weighted by molar-refractivity contribution is 6.33. The van der Waals surface area contributed by atoms with Crippen molar-refractivity contribution in [2.75, 3.05) is 0 Å². The quantitative estimate of drug-likeness (QED) is 0.849. The molecular formula is C12H11Cl2N3O. The van der Waals surface area contributed by atoms with E-state index in [2.05, 4.69) is 16.4 Å². The first-order valence-corrected chi connectivity index (χ1v) is 6.39. The first-order valence-electron chi connectivity index (χ1n) is 5.63. The first-order chi connectivity index (χ1) is 8.60. The fraction of sp³-hybridized carbons (Fsp3) is 0.417. The van der Waals surface area contributed by atoms with Crippen LogP contribution in [0.2, 0.25) is 10.3 Å². The molecule has 2 rings (SSSR count). The van der Waals surface area contributed by atoms with E-state index in [-0.39, 0.29) is 28.2 Å². The fourth-order valence-electron chi connectivity index (χ4n) is 2.14. The third-order valence-corrected chi connectivity index (χ3v) is 3.41. The van der Waals surface area contributed by atoms with E-state index in [0.717, 1.165) is 19.3 Å². The molecule has 4 nitrogen and oxygen atoms in total. The Kier molecular flexibility index (Phi) is 4.05. The number of aromatic nitrogens is 1. The summed E-state index contributed by atoms with van der Waals surface area (Å²) >= 11 is 11.5. The van der Waals surface area contributed by atoms with Gasteiger partial charge in [0, 0.05) is 11.6 Å². The average molecular weight is 284 g/mol. The Balaban J connectivity index is 2.10. The highest BCUT2D eigenvalue weighted by atomic mass is 35.5. The molecule has 1 N–H and O–H groups in total. The van der Waals surface area contributed by atoms with Gasteiger partial charge >= 0.3 is 0 Å². The molecule has 1 amide bonds. The van der Waals surface area contributed by atoms with Gasteiger partial charge in [0.1, 0.15) is 10.3 Å². The van der Waals surface area contributed by atoms with Crippen molar-refractivity contribution in [3.8, 4) is 6.07 Å². The number of amides is 1. The summed E-state index contributed by atoms with van der Waals surface area (Å²) < 4.78 is 0. The zero-order valence-electron chi connectivity index (χ0n) is 9.49. The molecule has 0 saturated heterocycles. The normalized spacial score (nSPS) is 22.5. The van der Waals surface area contributed by atoms with Gasteiger partial charge in [0.2, 0.25) is 0 Å². The maximum Gasteiger partial charge on any atom is 0.251 e. The minimum absolute atomic E-state index is 0.0896. The smallest absolute Gasteiger partial charge is 0.251 e. The molecule has 1 aliphatic carbocycles.